The quantitative estimate of drug-likeness (QED) is 0.473. The van der Waals surface area contributed by atoms with E-state index in [0.29, 0.717) is 6.42 Å². The molecule has 0 bridgehead atoms. The SMILES string of the molecule is C=CC(C)(C)c1[nH]c2c(CC=C(C)C)cc(CC=C(C)C)cc2c1CC1NC(=O)C(C)NC1=O. The normalized spacial score (nSPS) is 18.3. The minimum atomic E-state index is -0.607. The number of aromatic nitrogens is 1. The Morgan fingerprint density at radius 3 is 2.26 bits per heavy atom. The van der Waals surface area contributed by atoms with Crippen molar-refractivity contribution in [2.45, 2.75) is 85.2 Å². The van der Waals surface area contributed by atoms with Gasteiger partial charge in [0.1, 0.15) is 12.1 Å². The van der Waals surface area contributed by atoms with Crippen LogP contribution in [0.3, 0.4) is 0 Å². The first-order chi connectivity index (χ1) is 15.9. The van der Waals surface area contributed by atoms with Gasteiger partial charge in [-0.1, -0.05) is 49.3 Å². The molecule has 3 rings (SSSR count). The Balaban J connectivity index is 2.22. The van der Waals surface area contributed by atoms with Crippen LogP contribution in [0.1, 0.15) is 70.9 Å². The third-order valence-corrected chi connectivity index (χ3v) is 6.58. The maximum absolute atomic E-state index is 12.8. The topological polar surface area (TPSA) is 74.0 Å². The Hall–Kier alpha value is -3.08. The number of hydrogen-bond acceptors (Lipinski definition) is 2. The lowest BCUT2D eigenvalue weighted by molar-refractivity contribution is -0.136. The summed E-state index contributed by atoms with van der Waals surface area (Å²) in [5.74, 6) is -0.295. The average Bonchev–Trinajstić information content (AvgIpc) is 3.13. The van der Waals surface area contributed by atoms with Crippen LogP contribution in [0.4, 0.5) is 0 Å². The average molecular weight is 462 g/mol. The molecule has 0 spiro atoms. The maximum Gasteiger partial charge on any atom is 0.243 e. The Bertz CT molecular complexity index is 1170. The van der Waals surface area contributed by atoms with Gasteiger partial charge >= 0.3 is 0 Å². The molecule has 5 nitrogen and oxygen atoms in total. The molecule has 2 amide bonds. The molecule has 0 aliphatic carbocycles. The lowest BCUT2D eigenvalue weighted by Gasteiger charge is -2.29. The second-order valence-corrected chi connectivity index (χ2v) is 10.5. The van der Waals surface area contributed by atoms with Crippen molar-refractivity contribution in [3.05, 3.63) is 70.5 Å². The molecule has 0 saturated carbocycles. The van der Waals surface area contributed by atoms with Gasteiger partial charge in [-0.25, -0.2) is 0 Å². The number of benzene rings is 1. The minimum Gasteiger partial charge on any atom is -0.357 e. The van der Waals surface area contributed by atoms with E-state index in [-0.39, 0.29) is 17.2 Å². The van der Waals surface area contributed by atoms with Crippen LogP contribution in [0.15, 0.2) is 48.1 Å². The lowest BCUT2D eigenvalue weighted by atomic mass is 9.84. The molecule has 3 N–H and O–H groups in total. The zero-order chi connectivity index (χ0) is 25.2. The van der Waals surface area contributed by atoms with Gasteiger partial charge in [0.25, 0.3) is 0 Å². The number of nitrogens with one attached hydrogen (secondary N) is 3. The van der Waals surface area contributed by atoms with Crippen LogP contribution < -0.4 is 10.6 Å². The number of aromatic amines is 1. The predicted molar refractivity (Wildman–Crippen MR) is 141 cm³/mol. The largest absolute Gasteiger partial charge is 0.357 e. The van der Waals surface area contributed by atoms with Crippen molar-refractivity contribution in [2.24, 2.45) is 0 Å². The summed E-state index contributed by atoms with van der Waals surface area (Å²) in [6.07, 6.45) is 8.52. The molecule has 5 heteroatoms. The number of fused-ring (bicyclic) bond motifs is 1. The molecule has 1 saturated heterocycles. The van der Waals surface area contributed by atoms with Gasteiger partial charge in [0.15, 0.2) is 0 Å². The molecule has 1 aromatic heterocycles. The molecule has 2 atom stereocenters. The van der Waals surface area contributed by atoms with Gasteiger partial charge in [0.2, 0.25) is 11.8 Å². The summed E-state index contributed by atoms with van der Waals surface area (Å²) in [4.78, 5) is 28.8. The van der Waals surface area contributed by atoms with Gasteiger partial charge in [-0.15, -0.1) is 6.58 Å². The standard InChI is InChI=1S/C29H39N3O2/c1-9-29(7,8)26-23(16-24-28(34)30-19(6)27(33)31-24)22-15-20(12-10-17(2)3)14-21(25(22)32-26)13-11-18(4)5/h9-11,14-15,19,24,32H,1,12-13,16H2,2-8H3,(H,30,34)(H,31,33). The van der Waals surface area contributed by atoms with E-state index in [0.717, 1.165) is 35.0 Å². The van der Waals surface area contributed by atoms with Crippen LogP contribution in [0.2, 0.25) is 0 Å². The zero-order valence-electron chi connectivity index (χ0n) is 21.7. The minimum absolute atomic E-state index is 0.144. The Labute approximate surface area is 203 Å². The molecule has 34 heavy (non-hydrogen) atoms. The third-order valence-electron chi connectivity index (χ3n) is 6.58. The van der Waals surface area contributed by atoms with Crippen molar-refractivity contribution in [3.63, 3.8) is 0 Å². The Morgan fingerprint density at radius 2 is 1.65 bits per heavy atom. The van der Waals surface area contributed by atoms with Gasteiger partial charge in [0.05, 0.1) is 0 Å². The van der Waals surface area contributed by atoms with Crippen LogP contribution in [-0.4, -0.2) is 28.9 Å². The molecule has 1 aliphatic rings. The molecule has 2 unspecified atom stereocenters. The van der Waals surface area contributed by atoms with E-state index < -0.39 is 12.1 Å². The van der Waals surface area contributed by atoms with Crippen LogP contribution in [0.25, 0.3) is 10.9 Å². The van der Waals surface area contributed by atoms with Crippen molar-refractivity contribution in [1.29, 1.82) is 0 Å². The first kappa shape index (κ1) is 25.5. The van der Waals surface area contributed by atoms with E-state index in [1.54, 1.807) is 6.92 Å². The van der Waals surface area contributed by atoms with Gasteiger partial charge < -0.3 is 15.6 Å². The fraction of sp³-hybridized carbons (Fsp3) is 0.448. The first-order valence-corrected chi connectivity index (χ1v) is 12.1. The van der Waals surface area contributed by atoms with E-state index in [1.807, 2.05) is 6.08 Å². The predicted octanol–water partition coefficient (Wildman–Crippen LogP) is 5.19. The van der Waals surface area contributed by atoms with Gasteiger partial charge in [-0.2, -0.15) is 0 Å². The number of allylic oxidation sites excluding steroid dienone is 5. The molecule has 2 heterocycles. The zero-order valence-corrected chi connectivity index (χ0v) is 21.7. The summed E-state index contributed by atoms with van der Waals surface area (Å²) in [5.41, 5.74) is 7.89. The smallest absolute Gasteiger partial charge is 0.243 e. The summed E-state index contributed by atoms with van der Waals surface area (Å²) in [6.45, 7) is 18.5. The summed E-state index contributed by atoms with van der Waals surface area (Å²) >= 11 is 0. The van der Waals surface area contributed by atoms with Crippen molar-refractivity contribution in [1.82, 2.24) is 15.6 Å². The van der Waals surface area contributed by atoms with Crippen molar-refractivity contribution in [2.75, 3.05) is 0 Å². The number of carbonyl (C=O) groups is 2. The molecule has 1 aromatic carbocycles. The molecule has 1 aliphatic heterocycles. The number of rotatable bonds is 8. The fourth-order valence-corrected chi connectivity index (χ4v) is 4.36. The second-order valence-electron chi connectivity index (χ2n) is 10.5. The van der Waals surface area contributed by atoms with Crippen LogP contribution >= 0.6 is 0 Å². The van der Waals surface area contributed by atoms with Crippen molar-refractivity contribution in [3.8, 4) is 0 Å². The molecule has 2 aromatic rings. The van der Waals surface area contributed by atoms with E-state index >= 15 is 0 Å². The highest BCUT2D eigenvalue weighted by atomic mass is 16.2. The highest BCUT2D eigenvalue weighted by molar-refractivity contribution is 5.97. The third kappa shape index (κ3) is 5.52. The molecular weight excluding hydrogens is 422 g/mol. The highest BCUT2D eigenvalue weighted by Crippen LogP contribution is 2.36. The Morgan fingerprint density at radius 1 is 1.00 bits per heavy atom. The van der Waals surface area contributed by atoms with Crippen molar-refractivity contribution >= 4 is 22.7 Å². The molecule has 0 radical (unpaired) electrons. The lowest BCUT2D eigenvalue weighted by Crippen LogP contribution is -2.61. The van der Waals surface area contributed by atoms with E-state index in [9.17, 15) is 9.59 Å². The van der Waals surface area contributed by atoms with Gasteiger partial charge in [-0.05, 0) is 70.2 Å². The summed E-state index contributed by atoms with van der Waals surface area (Å²) in [6, 6.07) is 3.40. The summed E-state index contributed by atoms with van der Waals surface area (Å²) < 4.78 is 0. The number of carbonyl (C=O) groups excluding carboxylic acids is 2. The number of piperazine rings is 1. The van der Waals surface area contributed by atoms with Gasteiger partial charge in [-0.3, -0.25) is 9.59 Å². The van der Waals surface area contributed by atoms with Crippen LogP contribution in [0.5, 0.6) is 0 Å². The van der Waals surface area contributed by atoms with E-state index in [2.05, 4.69) is 88.0 Å². The first-order valence-electron chi connectivity index (χ1n) is 12.1. The monoisotopic (exact) mass is 461 g/mol. The van der Waals surface area contributed by atoms with E-state index in [4.69, 9.17) is 0 Å². The summed E-state index contributed by atoms with van der Waals surface area (Å²) in [7, 11) is 0. The fourth-order valence-electron chi connectivity index (χ4n) is 4.36. The number of hydrogen-bond donors (Lipinski definition) is 3. The molecule has 182 valence electrons. The van der Waals surface area contributed by atoms with Gasteiger partial charge in [0, 0.05) is 28.4 Å². The molecular formula is C29H39N3O2. The Kier molecular flexibility index (Phi) is 7.54. The maximum atomic E-state index is 12.8. The van der Waals surface area contributed by atoms with Crippen molar-refractivity contribution < 1.29 is 9.59 Å². The van der Waals surface area contributed by atoms with Crippen LogP contribution in [-0.2, 0) is 34.3 Å². The highest BCUT2D eigenvalue weighted by Gasteiger charge is 2.34. The van der Waals surface area contributed by atoms with E-state index in [1.165, 1.54) is 22.3 Å². The number of amides is 2. The van der Waals surface area contributed by atoms with Crippen LogP contribution in [0, 0.1) is 0 Å². The molecule has 1 fully saturated rings. The number of H-pyrrole nitrogens is 1. The second kappa shape index (κ2) is 10.0. The summed E-state index contributed by atoms with van der Waals surface area (Å²) in [5, 5.41) is 6.83.